The zero-order valence-electron chi connectivity index (χ0n) is 10.7. The van der Waals surface area contributed by atoms with E-state index in [1.165, 1.54) is 0 Å². The third kappa shape index (κ3) is 3.68. The molecule has 1 aromatic rings. The fraction of sp³-hybridized carbons (Fsp3) is 0.667. The summed E-state index contributed by atoms with van der Waals surface area (Å²) in [4.78, 5) is 8.45. The molecule has 0 aliphatic rings. The molecule has 0 radical (unpaired) electrons. The van der Waals surface area contributed by atoms with Gasteiger partial charge in [0.05, 0.1) is 7.11 Å². The van der Waals surface area contributed by atoms with Gasteiger partial charge in [-0.15, -0.1) is 0 Å². The maximum Gasteiger partial charge on any atom is 0.218 e. The first kappa shape index (κ1) is 12.7. The fourth-order valence-corrected chi connectivity index (χ4v) is 1.24. The Hall–Kier alpha value is -1.32. The van der Waals surface area contributed by atoms with Gasteiger partial charge in [-0.2, -0.15) is 4.98 Å². The van der Waals surface area contributed by atoms with E-state index in [0.717, 1.165) is 18.2 Å². The third-order valence-electron chi connectivity index (χ3n) is 2.77. The van der Waals surface area contributed by atoms with Crippen molar-refractivity contribution in [2.24, 2.45) is 11.8 Å². The molecule has 1 unspecified atom stereocenters. The summed E-state index contributed by atoms with van der Waals surface area (Å²) in [7, 11) is 1.61. The minimum Gasteiger partial charge on any atom is -0.481 e. The first-order valence-corrected chi connectivity index (χ1v) is 5.66. The Morgan fingerprint density at radius 3 is 2.56 bits per heavy atom. The second-order valence-electron chi connectivity index (χ2n) is 4.44. The summed E-state index contributed by atoms with van der Waals surface area (Å²) in [5, 5.41) is 3.31. The number of nitrogens with zero attached hydrogens (tertiary/aromatic N) is 2. The van der Waals surface area contributed by atoms with Gasteiger partial charge in [0.1, 0.15) is 11.6 Å². The van der Waals surface area contributed by atoms with Crippen molar-refractivity contribution in [3.05, 3.63) is 11.9 Å². The lowest BCUT2D eigenvalue weighted by atomic mass is 9.98. The van der Waals surface area contributed by atoms with Crippen LogP contribution >= 0.6 is 0 Å². The number of rotatable bonds is 5. The molecule has 1 atom stereocenters. The predicted octanol–water partition coefficient (Wildman–Crippen LogP) is 2.50. The average molecular weight is 223 g/mol. The van der Waals surface area contributed by atoms with Crippen molar-refractivity contribution in [1.82, 2.24) is 9.97 Å². The number of aryl methyl sites for hydroxylation is 1. The SMILES string of the molecule is COc1cc(NCC(C)C(C)C)nc(C)n1. The van der Waals surface area contributed by atoms with Crippen LogP contribution < -0.4 is 10.1 Å². The quantitative estimate of drug-likeness (QED) is 0.833. The highest BCUT2D eigenvalue weighted by atomic mass is 16.5. The van der Waals surface area contributed by atoms with Crippen molar-refractivity contribution in [1.29, 1.82) is 0 Å². The van der Waals surface area contributed by atoms with E-state index in [2.05, 4.69) is 36.1 Å². The Labute approximate surface area is 97.5 Å². The number of methoxy groups -OCH3 is 1. The van der Waals surface area contributed by atoms with Crippen molar-refractivity contribution >= 4 is 5.82 Å². The molecule has 1 heterocycles. The van der Waals surface area contributed by atoms with Crippen LogP contribution in [0.3, 0.4) is 0 Å². The molecule has 0 saturated carbocycles. The minimum atomic E-state index is 0.604. The molecule has 0 amide bonds. The highest BCUT2D eigenvalue weighted by Gasteiger charge is 2.08. The summed E-state index contributed by atoms with van der Waals surface area (Å²) in [5.41, 5.74) is 0. The summed E-state index contributed by atoms with van der Waals surface area (Å²) >= 11 is 0. The number of aromatic nitrogens is 2. The lowest BCUT2D eigenvalue weighted by Crippen LogP contribution is -2.17. The summed E-state index contributed by atoms with van der Waals surface area (Å²) in [6.07, 6.45) is 0. The van der Waals surface area contributed by atoms with Gasteiger partial charge in [-0.25, -0.2) is 4.98 Å². The Morgan fingerprint density at radius 1 is 1.31 bits per heavy atom. The van der Waals surface area contributed by atoms with Crippen molar-refractivity contribution in [2.75, 3.05) is 19.0 Å². The molecule has 0 aliphatic heterocycles. The standard InChI is InChI=1S/C12H21N3O/c1-8(2)9(3)7-13-11-6-12(16-5)15-10(4)14-11/h6,8-9H,7H2,1-5H3,(H,13,14,15). The van der Waals surface area contributed by atoms with Crippen LogP contribution in [0.1, 0.15) is 26.6 Å². The van der Waals surface area contributed by atoms with Crippen LogP contribution in [-0.2, 0) is 0 Å². The lowest BCUT2D eigenvalue weighted by Gasteiger charge is -2.16. The lowest BCUT2D eigenvalue weighted by molar-refractivity contribution is 0.395. The van der Waals surface area contributed by atoms with Gasteiger partial charge in [0.2, 0.25) is 5.88 Å². The van der Waals surface area contributed by atoms with Crippen molar-refractivity contribution in [3.8, 4) is 5.88 Å². The van der Waals surface area contributed by atoms with E-state index in [9.17, 15) is 0 Å². The predicted molar refractivity (Wildman–Crippen MR) is 65.8 cm³/mol. The Morgan fingerprint density at radius 2 is 2.00 bits per heavy atom. The first-order valence-electron chi connectivity index (χ1n) is 5.66. The van der Waals surface area contributed by atoms with E-state index in [0.29, 0.717) is 17.7 Å². The molecule has 0 aromatic carbocycles. The summed E-state index contributed by atoms with van der Waals surface area (Å²) in [6, 6.07) is 1.82. The minimum absolute atomic E-state index is 0.604. The highest BCUT2D eigenvalue weighted by Crippen LogP contribution is 2.15. The molecule has 16 heavy (non-hydrogen) atoms. The highest BCUT2D eigenvalue weighted by molar-refractivity contribution is 5.38. The Bertz CT molecular complexity index is 339. The van der Waals surface area contributed by atoms with E-state index >= 15 is 0 Å². The van der Waals surface area contributed by atoms with Gasteiger partial charge in [0, 0.05) is 12.6 Å². The maximum atomic E-state index is 5.10. The summed E-state index contributed by atoms with van der Waals surface area (Å²) in [6.45, 7) is 9.44. The van der Waals surface area contributed by atoms with Gasteiger partial charge in [-0.1, -0.05) is 20.8 Å². The molecule has 0 spiro atoms. The number of anilines is 1. The fourth-order valence-electron chi connectivity index (χ4n) is 1.24. The number of nitrogens with one attached hydrogen (secondary N) is 1. The number of ether oxygens (including phenoxy) is 1. The normalized spacial score (nSPS) is 12.6. The van der Waals surface area contributed by atoms with Gasteiger partial charge >= 0.3 is 0 Å². The zero-order valence-corrected chi connectivity index (χ0v) is 10.7. The molecule has 1 aromatic heterocycles. The largest absolute Gasteiger partial charge is 0.481 e. The van der Waals surface area contributed by atoms with Crippen LogP contribution in [0.15, 0.2) is 6.07 Å². The topological polar surface area (TPSA) is 47.0 Å². The molecule has 90 valence electrons. The van der Waals surface area contributed by atoms with Gasteiger partial charge in [-0.3, -0.25) is 0 Å². The molecule has 0 bridgehead atoms. The Kier molecular flexibility index (Phi) is 4.52. The molecule has 0 fully saturated rings. The molecule has 0 aliphatic carbocycles. The van der Waals surface area contributed by atoms with Gasteiger partial charge in [0.25, 0.3) is 0 Å². The van der Waals surface area contributed by atoms with Crippen LogP contribution in [0.25, 0.3) is 0 Å². The van der Waals surface area contributed by atoms with E-state index in [1.807, 2.05) is 13.0 Å². The number of hydrogen-bond acceptors (Lipinski definition) is 4. The second-order valence-corrected chi connectivity index (χ2v) is 4.44. The van der Waals surface area contributed by atoms with E-state index in [-0.39, 0.29) is 0 Å². The van der Waals surface area contributed by atoms with Gasteiger partial charge < -0.3 is 10.1 Å². The van der Waals surface area contributed by atoms with E-state index in [4.69, 9.17) is 4.74 Å². The van der Waals surface area contributed by atoms with E-state index < -0.39 is 0 Å². The average Bonchev–Trinajstić information content (AvgIpc) is 2.24. The molecule has 1 N–H and O–H groups in total. The molecule has 4 heteroatoms. The van der Waals surface area contributed by atoms with Crippen LogP contribution in [0, 0.1) is 18.8 Å². The molecular weight excluding hydrogens is 202 g/mol. The van der Waals surface area contributed by atoms with Crippen molar-refractivity contribution < 1.29 is 4.74 Å². The molecular formula is C12H21N3O. The van der Waals surface area contributed by atoms with Crippen LogP contribution in [0.5, 0.6) is 5.88 Å². The Balaban J connectivity index is 2.63. The summed E-state index contributed by atoms with van der Waals surface area (Å²) in [5.74, 6) is 3.43. The molecule has 1 rings (SSSR count). The monoisotopic (exact) mass is 223 g/mol. The van der Waals surface area contributed by atoms with Crippen molar-refractivity contribution in [3.63, 3.8) is 0 Å². The number of hydrogen-bond donors (Lipinski definition) is 1. The summed E-state index contributed by atoms with van der Waals surface area (Å²) < 4.78 is 5.10. The zero-order chi connectivity index (χ0) is 12.1. The van der Waals surface area contributed by atoms with Crippen molar-refractivity contribution in [2.45, 2.75) is 27.7 Å². The molecule has 4 nitrogen and oxygen atoms in total. The van der Waals surface area contributed by atoms with Crippen LogP contribution in [0.4, 0.5) is 5.82 Å². The third-order valence-corrected chi connectivity index (χ3v) is 2.77. The maximum absolute atomic E-state index is 5.10. The van der Waals surface area contributed by atoms with Crippen LogP contribution in [-0.4, -0.2) is 23.6 Å². The smallest absolute Gasteiger partial charge is 0.218 e. The van der Waals surface area contributed by atoms with Gasteiger partial charge in [0.15, 0.2) is 0 Å². The van der Waals surface area contributed by atoms with E-state index in [1.54, 1.807) is 7.11 Å². The van der Waals surface area contributed by atoms with Crippen LogP contribution in [0.2, 0.25) is 0 Å². The van der Waals surface area contributed by atoms with Gasteiger partial charge in [-0.05, 0) is 18.8 Å². The second kappa shape index (κ2) is 5.68. The molecule has 0 saturated heterocycles. The first-order chi connectivity index (χ1) is 7.52.